The second-order valence-corrected chi connectivity index (χ2v) is 5.04. The normalized spacial score (nSPS) is 11.8. The SMILES string of the molecule is Cc1cccc(OCC(=O)N(C)[C@H](C)c2ccccn2)c1. The molecular weight excluding hydrogens is 264 g/mol. The molecule has 0 bridgehead atoms. The van der Waals surface area contributed by atoms with E-state index in [1.807, 2.05) is 56.3 Å². The van der Waals surface area contributed by atoms with Gasteiger partial charge in [0.2, 0.25) is 0 Å². The summed E-state index contributed by atoms with van der Waals surface area (Å²) in [5, 5.41) is 0. The van der Waals surface area contributed by atoms with Crippen molar-refractivity contribution in [1.82, 2.24) is 9.88 Å². The summed E-state index contributed by atoms with van der Waals surface area (Å²) in [6, 6.07) is 13.3. The number of carbonyl (C=O) groups is 1. The summed E-state index contributed by atoms with van der Waals surface area (Å²) in [5.74, 6) is 0.636. The molecule has 0 unspecified atom stereocenters. The van der Waals surface area contributed by atoms with Crippen LogP contribution in [0.25, 0.3) is 0 Å². The molecule has 4 heteroatoms. The van der Waals surface area contributed by atoms with Gasteiger partial charge in [-0.15, -0.1) is 0 Å². The monoisotopic (exact) mass is 284 g/mol. The van der Waals surface area contributed by atoms with Crippen molar-refractivity contribution in [2.45, 2.75) is 19.9 Å². The van der Waals surface area contributed by atoms with Gasteiger partial charge in [0.05, 0.1) is 11.7 Å². The second kappa shape index (κ2) is 6.88. The largest absolute Gasteiger partial charge is 0.484 e. The molecule has 0 fully saturated rings. The van der Waals surface area contributed by atoms with Crippen LogP contribution in [-0.2, 0) is 4.79 Å². The van der Waals surface area contributed by atoms with Crippen molar-refractivity contribution in [3.8, 4) is 5.75 Å². The predicted molar refractivity (Wildman–Crippen MR) is 82.1 cm³/mol. The highest BCUT2D eigenvalue weighted by molar-refractivity contribution is 5.77. The van der Waals surface area contributed by atoms with Crippen molar-refractivity contribution in [1.29, 1.82) is 0 Å². The quantitative estimate of drug-likeness (QED) is 0.847. The lowest BCUT2D eigenvalue weighted by molar-refractivity contribution is -0.134. The molecule has 2 aromatic rings. The number of amides is 1. The smallest absolute Gasteiger partial charge is 0.260 e. The first-order valence-corrected chi connectivity index (χ1v) is 6.94. The predicted octanol–water partition coefficient (Wildman–Crippen LogP) is 2.99. The summed E-state index contributed by atoms with van der Waals surface area (Å²) in [6.07, 6.45) is 1.73. The third kappa shape index (κ3) is 4.05. The zero-order valence-corrected chi connectivity index (χ0v) is 12.6. The molecule has 2 rings (SSSR count). The number of aryl methyl sites for hydroxylation is 1. The number of nitrogens with zero attached hydrogens (tertiary/aromatic N) is 2. The van der Waals surface area contributed by atoms with Crippen LogP contribution in [0, 0.1) is 6.92 Å². The van der Waals surface area contributed by atoms with Gasteiger partial charge in [-0.3, -0.25) is 9.78 Å². The van der Waals surface area contributed by atoms with Crippen LogP contribution >= 0.6 is 0 Å². The molecule has 1 aromatic carbocycles. The maximum Gasteiger partial charge on any atom is 0.260 e. The van der Waals surface area contributed by atoms with Crippen LogP contribution < -0.4 is 4.74 Å². The zero-order chi connectivity index (χ0) is 15.2. The molecule has 110 valence electrons. The highest BCUT2D eigenvalue weighted by atomic mass is 16.5. The molecule has 0 spiro atoms. The number of rotatable bonds is 5. The Morgan fingerprint density at radius 1 is 1.29 bits per heavy atom. The molecular formula is C17H20N2O2. The Kier molecular flexibility index (Phi) is 4.93. The Morgan fingerprint density at radius 2 is 2.10 bits per heavy atom. The molecule has 0 radical (unpaired) electrons. The Hall–Kier alpha value is -2.36. The van der Waals surface area contributed by atoms with Gasteiger partial charge in [0.1, 0.15) is 5.75 Å². The first-order valence-electron chi connectivity index (χ1n) is 6.94. The van der Waals surface area contributed by atoms with Gasteiger partial charge >= 0.3 is 0 Å². The Bertz CT molecular complexity index is 599. The minimum absolute atomic E-state index is 0.0249. The van der Waals surface area contributed by atoms with E-state index in [0.717, 1.165) is 11.3 Å². The molecule has 0 saturated heterocycles. The Morgan fingerprint density at radius 3 is 2.76 bits per heavy atom. The van der Waals surface area contributed by atoms with Gasteiger partial charge in [-0.2, -0.15) is 0 Å². The van der Waals surface area contributed by atoms with Crippen molar-refractivity contribution in [2.75, 3.05) is 13.7 Å². The van der Waals surface area contributed by atoms with Crippen molar-refractivity contribution >= 4 is 5.91 Å². The fourth-order valence-electron chi connectivity index (χ4n) is 1.99. The number of likely N-dealkylation sites (N-methyl/N-ethyl adjacent to an activating group) is 1. The summed E-state index contributed by atoms with van der Waals surface area (Å²) in [6.45, 7) is 3.97. The van der Waals surface area contributed by atoms with E-state index in [1.54, 1.807) is 18.1 Å². The van der Waals surface area contributed by atoms with Gasteiger partial charge < -0.3 is 9.64 Å². The van der Waals surface area contributed by atoms with Crippen LogP contribution in [-0.4, -0.2) is 29.4 Å². The maximum atomic E-state index is 12.2. The Labute approximate surface area is 125 Å². The standard InChI is InChI=1S/C17H20N2O2/c1-13-7-6-8-15(11-13)21-12-17(20)19(3)14(2)16-9-4-5-10-18-16/h4-11,14H,12H2,1-3H3/t14-/m1/s1. The molecule has 0 N–H and O–H groups in total. The van der Waals surface area contributed by atoms with Gasteiger partial charge in [0.15, 0.2) is 6.61 Å². The third-order valence-corrected chi connectivity index (χ3v) is 3.44. The lowest BCUT2D eigenvalue weighted by Crippen LogP contribution is -2.34. The number of hydrogen-bond acceptors (Lipinski definition) is 3. The fourth-order valence-corrected chi connectivity index (χ4v) is 1.99. The first-order chi connectivity index (χ1) is 10.1. The van der Waals surface area contributed by atoms with Crippen LogP contribution in [0.2, 0.25) is 0 Å². The molecule has 1 amide bonds. The first kappa shape index (κ1) is 15.0. The minimum Gasteiger partial charge on any atom is -0.484 e. The lowest BCUT2D eigenvalue weighted by Gasteiger charge is -2.24. The minimum atomic E-state index is -0.0835. The lowest BCUT2D eigenvalue weighted by atomic mass is 10.2. The average Bonchev–Trinajstić information content (AvgIpc) is 2.52. The highest BCUT2D eigenvalue weighted by Crippen LogP contribution is 2.17. The Balaban J connectivity index is 1.94. The highest BCUT2D eigenvalue weighted by Gasteiger charge is 2.18. The van der Waals surface area contributed by atoms with Crippen LogP contribution in [0.1, 0.15) is 24.2 Å². The summed E-state index contributed by atoms with van der Waals surface area (Å²) < 4.78 is 5.54. The van der Waals surface area contributed by atoms with Gasteiger partial charge in [-0.25, -0.2) is 0 Å². The summed E-state index contributed by atoms with van der Waals surface area (Å²) in [4.78, 5) is 18.1. The van der Waals surface area contributed by atoms with Gasteiger partial charge in [-0.1, -0.05) is 18.2 Å². The molecule has 0 aliphatic rings. The number of pyridine rings is 1. The van der Waals surface area contributed by atoms with Gasteiger partial charge in [0.25, 0.3) is 5.91 Å². The van der Waals surface area contributed by atoms with Crippen LogP contribution in [0.3, 0.4) is 0 Å². The van der Waals surface area contributed by atoms with Crippen molar-refractivity contribution in [3.05, 3.63) is 59.9 Å². The molecule has 1 heterocycles. The number of carbonyl (C=O) groups excluding carboxylic acids is 1. The van der Waals surface area contributed by atoms with E-state index in [-0.39, 0.29) is 18.6 Å². The molecule has 1 aromatic heterocycles. The number of benzene rings is 1. The number of hydrogen-bond donors (Lipinski definition) is 0. The van der Waals surface area contributed by atoms with Crippen molar-refractivity contribution in [2.24, 2.45) is 0 Å². The van der Waals surface area contributed by atoms with E-state index in [9.17, 15) is 4.79 Å². The van der Waals surface area contributed by atoms with Crippen LogP contribution in [0.5, 0.6) is 5.75 Å². The van der Waals surface area contributed by atoms with E-state index in [1.165, 1.54) is 0 Å². The average molecular weight is 284 g/mol. The molecule has 4 nitrogen and oxygen atoms in total. The van der Waals surface area contributed by atoms with E-state index in [2.05, 4.69) is 4.98 Å². The number of ether oxygens (including phenoxy) is 1. The van der Waals surface area contributed by atoms with Crippen molar-refractivity contribution < 1.29 is 9.53 Å². The topological polar surface area (TPSA) is 42.4 Å². The number of aromatic nitrogens is 1. The van der Waals surface area contributed by atoms with Crippen LogP contribution in [0.15, 0.2) is 48.7 Å². The van der Waals surface area contributed by atoms with E-state index in [4.69, 9.17) is 4.74 Å². The molecule has 0 aliphatic carbocycles. The van der Waals surface area contributed by atoms with Crippen molar-refractivity contribution in [3.63, 3.8) is 0 Å². The molecule has 21 heavy (non-hydrogen) atoms. The van der Waals surface area contributed by atoms with Crippen LogP contribution in [0.4, 0.5) is 0 Å². The third-order valence-electron chi connectivity index (χ3n) is 3.44. The van der Waals surface area contributed by atoms with E-state index in [0.29, 0.717) is 5.75 Å². The fraction of sp³-hybridized carbons (Fsp3) is 0.294. The second-order valence-electron chi connectivity index (χ2n) is 5.04. The van der Waals surface area contributed by atoms with E-state index < -0.39 is 0 Å². The summed E-state index contributed by atoms with van der Waals surface area (Å²) >= 11 is 0. The van der Waals surface area contributed by atoms with Gasteiger partial charge in [0, 0.05) is 13.2 Å². The maximum absolute atomic E-state index is 12.2. The summed E-state index contributed by atoms with van der Waals surface area (Å²) in [5.41, 5.74) is 1.97. The zero-order valence-electron chi connectivity index (χ0n) is 12.6. The molecule has 0 saturated carbocycles. The summed E-state index contributed by atoms with van der Waals surface area (Å²) in [7, 11) is 1.77. The van der Waals surface area contributed by atoms with E-state index >= 15 is 0 Å². The molecule has 0 aliphatic heterocycles. The van der Waals surface area contributed by atoms with Gasteiger partial charge in [-0.05, 0) is 43.7 Å². The molecule has 1 atom stereocenters.